The van der Waals surface area contributed by atoms with E-state index in [1.54, 1.807) is 7.11 Å². The van der Waals surface area contributed by atoms with Crippen LogP contribution >= 0.6 is 0 Å². The number of hydrogen-bond donors (Lipinski definition) is 1. The summed E-state index contributed by atoms with van der Waals surface area (Å²) < 4.78 is 5.28. The van der Waals surface area contributed by atoms with Gasteiger partial charge in [-0.2, -0.15) is 0 Å². The molecule has 3 nitrogen and oxygen atoms in total. The zero-order valence-corrected chi connectivity index (χ0v) is 11.8. The van der Waals surface area contributed by atoms with Gasteiger partial charge in [-0.3, -0.25) is 4.79 Å². The van der Waals surface area contributed by atoms with Crippen LogP contribution in [0.15, 0.2) is 42.5 Å². The summed E-state index contributed by atoms with van der Waals surface area (Å²) in [6, 6.07) is 14.0. The van der Waals surface area contributed by atoms with E-state index in [4.69, 9.17) is 4.74 Å². The Hall–Kier alpha value is -2.55. The Morgan fingerprint density at radius 2 is 1.90 bits per heavy atom. The number of allylic oxidation sites excluding steroid dienone is 1. The maximum absolute atomic E-state index is 12.4. The van der Waals surface area contributed by atoms with E-state index in [1.165, 1.54) is 11.1 Å². The molecule has 2 aromatic carbocycles. The maximum Gasteiger partial charge on any atom is 0.256 e. The van der Waals surface area contributed by atoms with E-state index in [9.17, 15) is 4.79 Å². The first-order valence-electron chi connectivity index (χ1n) is 7.09. The quantitative estimate of drug-likeness (QED) is 0.810. The first-order valence-corrected chi connectivity index (χ1v) is 7.09. The Labute approximate surface area is 123 Å². The molecule has 1 amide bonds. The van der Waals surface area contributed by atoms with Crippen LogP contribution in [0.2, 0.25) is 0 Å². The number of nitrogens with one attached hydrogen (secondary N) is 1. The molecule has 0 bridgehead atoms. The second kappa shape index (κ2) is 4.48. The van der Waals surface area contributed by atoms with Crippen LogP contribution in [-0.2, 0) is 11.2 Å². The minimum Gasteiger partial charge on any atom is -0.497 e. The summed E-state index contributed by atoms with van der Waals surface area (Å²) in [5.41, 5.74) is 6.34. The molecule has 0 atom stereocenters. The topological polar surface area (TPSA) is 38.3 Å². The highest BCUT2D eigenvalue weighted by Crippen LogP contribution is 2.43. The minimum absolute atomic E-state index is 0.00914. The molecule has 0 radical (unpaired) electrons. The van der Waals surface area contributed by atoms with Crippen molar-refractivity contribution >= 4 is 22.7 Å². The fourth-order valence-corrected chi connectivity index (χ4v) is 3.27. The molecular weight excluding hydrogens is 262 g/mol. The molecule has 0 saturated heterocycles. The third-order valence-electron chi connectivity index (χ3n) is 4.26. The number of methoxy groups -OCH3 is 1. The van der Waals surface area contributed by atoms with Gasteiger partial charge in [0.05, 0.1) is 12.7 Å². The summed E-state index contributed by atoms with van der Waals surface area (Å²) >= 11 is 0. The highest BCUT2D eigenvalue weighted by atomic mass is 16.5. The van der Waals surface area contributed by atoms with Gasteiger partial charge >= 0.3 is 0 Å². The zero-order valence-electron chi connectivity index (χ0n) is 11.8. The standard InChI is InChI=1S/C18H15NO2/c1-21-12-7-9-13-11(10-12)6-8-14(13)17-15-4-2-3-5-16(15)19-18(17)20/h2-5,7,9-10H,6,8H2,1H3,(H,19,20)/b17-14-. The van der Waals surface area contributed by atoms with E-state index in [0.717, 1.165) is 41.0 Å². The third kappa shape index (κ3) is 1.77. The summed E-state index contributed by atoms with van der Waals surface area (Å²) in [6.07, 6.45) is 1.86. The average molecular weight is 277 g/mol. The summed E-state index contributed by atoms with van der Waals surface area (Å²) in [4.78, 5) is 12.4. The average Bonchev–Trinajstić information content (AvgIpc) is 3.06. The summed E-state index contributed by atoms with van der Waals surface area (Å²) in [6.45, 7) is 0. The van der Waals surface area contributed by atoms with Gasteiger partial charge < -0.3 is 10.1 Å². The van der Waals surface area contributed by atoms with Crippen molar-refractivity contribution in [2.45, 2.75) is 12.8 Å². The number of rotatable bonds is 1. The molecule has 0 unspecified atom stereocenters. The van der Waals surface area contributed by atoms with Crippen LogP contribution in [0.4, 0.5) is 5.69 Å². The number of amides is 1. The first-order chi connectivity index (χ1) is 10.3. The minimum atomic E-state index is 0.00914. The molecule has 1 heterocycles. The molecule has 21 heavy (non-hydrogen) atoms. The molecule has 4 rings (SSSR count). The lowest BCUT2D eigenvalue weighted by Crippen LogP contribution is -2.05. The zero-order chi connectivity index (χ0) is 14.4. The number of aryl methyl sites for hydroxylation is 1. The first kappa shape index (κ1) is 12.2. The van der Waals surface area contributed by atoms with Gasteiger partial charge in [-0.05, 0) is 47.7 Å². The van der Waals surface area contributed by atoms with Crippen LogP contribution in [0.3, 0.4) is 0 Å². The number of hydrogen-bond acceptors (Lipinski definition) is 2. The van der Waals surface area contributed by atoms with E-state index < -0.39 is 0 Å². The Kier molecular flexibility index (Phi) is 2.61. The van der Waals surface area contributed by atoms with Crippen LogP contribution in [0.1, 0.15) is 23.1 Å². The molecule has 0 saturated carbocycles. The van der Waals surface area contributed by atoms with Gasteiger partial charge in [0.15, 0.2) is 0 Å². The van der Waals surface area contributed by atoms with Gasteiger partial charge in [-0.1, -0.05) is 24.3 Å². The second-order valence-electron chi connectivity index (χ2n) is 5.38. The molecule has 1 aliphatic carbocycles. The van der Waals surface area contributed by atoms with Crippen LogP contribution < -0.4 is 10.1 Å². The van der Waals surface area contributed by atoms with Crippen molar-refractivity contribution in [3.63, 3.8) is 0 Å². The van der Waals surface area contributed by atoms with Crippen molar-refractivity contribution in [1.82, 2.24) is 0 Å². The van der Waals surface area contributed by atoms with Crippen LogP contribution in [0.25, 0.3) is 11.1 Å². The predicted molar refractivity (Wildman–Crippen MR) is 83.2 cm³/mol. The van der Waals surface area contributed by atoms with Gasteiger partial charge in [0.25, 0.3) is 5.91 Å². The molecule has 1 N–H and O–H groups in total. The molecule has 2 aliphatic rings. The van der Waals surface area contributed by atoms with E-state index >= 15 is 0 Å². The van der Waals surface area contributed by atoms with Crippen molar-refractivity contribution in [2.24, 2.45) is 0 Å². The Morgan fingerprint density at radius 3 is 2.76 bits per heavy atom. The lowest BCUT2D eigenvalue weighted by molar-refractivity contribution is -0.110. The van der Waals surface area contributed by atoms with E-state index in [2.05, 4.69) is 17.4 Å². The Balaban J connectivity index is 1.91. The molecule has 104 valence electrons. The SMILES string of the molecule is COc1ccc2c(c1)CC/C2=C1/C(=O)Nc2ccccc21. The number of anilines is 1. The summed E-state index contributed by atoms with van der Waals surface area (Å²) in [5, 5.41) is 2.96. The van der Waals surface area contributed by atoms with Crippen molar-refractivity contribution in [3.8, 4) is 5.75 Å². The number of ether oxygens (including phenoxy) is 1. The van der Waals surface area contributed by atoms with E-state index in [1.807, 2.05) is 30.3 Å². The summed E-state index contributed by atoms with van der Waals surface area (Å²) in [7, 11) is 1.68. The van der Waals surface area contributed by atoms with E-state index in [-0.39, 0.29) is 5.91 Å². The lowest BCUT2D eigenvalue weighted by Gasteiger charge is -2.07. The number of carbonyl (C=O) groups excluding carboxylic acids is 1. The maximum atomic E-state index is 12.4. The van der Waals surface area contributed by atoms with Gasteiger partial charge in [0, 0.05) is 11.3 Å². The van der Waals surface area contributed by atoms with Gasteiger partial charge in [0.1, 0.15) is 5.75 Å². The molecule has 1 aliphatic heterocycles. The summed E-state index contributed by atoms with van der Waals surface area (Å²) in [5.74, 6) is 0.881. The fourth-order valence-electron chi connectivity index (χ4n) is 3.27. The van der Waals surface area contributed by atoms with Crippen LogP contribution in [0.5, 0.6) is 5.75 Å². The van der Waals surface area contributed by atoms with Crippen LogP contribution in [-0.4, -0.2) is 13.0 Å². The number of fused-ring (bicyclic) bond motifs is 2. The van der Waals surface area contributed by atoms with Crippen molar-refractivity contribution in [3.05, 3.63) is 59.2 Å². The largest absolute Gasteiger partial charge is 0.497 e. The van der Waals surface area contributed by atoms with Crippen molar-refractivity contribution in [1.29, 1.82) is 0 Å². The highest BCUT2D eigenvalue weighted by molar-refractivity contribution is 6.37. The van der Waals surface area contributed by atoms with Crippen molar-refractivity contribution < 1.29 is 9.53 Å². The Bertz CT molecular complexity index is 790. The van der Waals surface area contributed by atoms with Crippen molar-refractivity contribution in [2.75, 3.05) is 12.4 Å². The lowest BCUT2D eigenvalue weighted by atomic mass is 9.96. The van der Waals surface area contributed by atoms with E-state index in [0.29, 0.717) is 0 Å². The highest BCUT2D eigenvalue weighted by Gasteiger charge is 2.30. The molecule has 0 spiro atoms. The van der Waals surface area contributed by atoms with Crippen LogP contribution in [0, 0.1) is 0 Å². The normalized spacial score (nSPS) is 19.2. The monoisotopic (exact) mass is 277 g/mol. The number of benzene rings is 2. The number of para-hydroxylation sites is 1. The fraction of sp³-hybridized carbons (Fsp3) is 0.167. The Morgan fingerprint density at radius 1 is 1.05 bits per heavy atom. The smallest absolute Gasteiger partial charge is 0.256 e. The molecular formula is C18H15NO2. The molecule has 2 aromatic rings. The molecule has 0 fully saturated rings. The third-order valence-corrected chi connectivity index (χ3v) is 4.26. The molecule has 0 aromatic heterocycles. The second-order valence-corrected chi connectivity index (χ2v) is 5.38. The molecule has 3 heteroatoms. The van der Waals surface area contributed by atoms with Gasteiger partial charge in [0.2, 0.25) is 0 Å². The van der Waals surface area contributed by atoms with Gasteiger partial charge in [-0.25, -0.2) is 0 Å². The predicted octanol–water partition coefficient (Wildman–Crippen LogP) is 3.50. The van der Waals surface area contributed by atoms with Gasteiger partial charge in [-0.15, -0.1) is 0 Å². The number of carbonyl (C=O) groups is 1.